The van der Waals surface area contributed by atoms with Gasteiger partial charge in [-0.05, 0) is 19.9 Å². The summed E-state index contributed by atoms with van der Waals surface area (Å²) in [6.45, 7) is 4.16. The number of carbonyl (C=O) groups excluding carboxylic acids is 1. The topological polar surface area (TPSA) is 131 Å². The molecule has 3 rings (SSSR count). The van der Waals surface area contributed by atoms with Crippen molar-refractivity contribution in [3.05, 3.63) is 29.8 Å². The van der Waals surface area contributed by atoms with E-state index >= 15 is 0 Å². The van der Waals surface area contributed by atoms with E-state index in [0.29, 0.717) is 5.69 Å². The standard InChI is InChI=1S/C16H22N6O5S/c1-11-14(10-17-19(11)3)28(26,27)21-8-6-20(7-9-21)15(23)12(2)22-5-4-13(18-22)16(24)25/h4-5,10,12H,6-9H2,1-3H3,(H,24,25). The van der Waals surface area contributed by atoms with Crippen molar-refractivity contribution in [3.63, 3.8) is 0 Å². The molecule has 0 bridgehead atoms. The van der Waals surface area contributed by atoms with E-state index in [2.05, 4.69) is 10.2 Å². The van der Waals surface area contributed by atoms with Crippen molar-refractivity contribution in [2.75, 3.05) is 26.2 Å². The molecule has 0 aliphatic carbocycles. The van der Waals surface area contributed by atoms with Crippen LogP contribution in [0.15, 0.2) is 23.4 Å². The van der Waals surface area contributed by atoms with Gasteiger partial charge in [-0.15, -0.1) is 0 Å². The Hall–Kier alpha value is -2.73. The number of hydrogen-bond donors (Lipinski definition) is 1. The Balaban J connectivity index is 1.66. The van der Waals surface area contributed by atoms with Gasteiger partial charge in [0.15, 0.2) is 5.69 Å². The largest absolute Gasteiger partial charge is 0.476 e. The molecule has 0 aromatic carbocycles. The third-order valence-corrected chi connectivity index (χ3v) is 6.94. The van der Waals surface area contributed by atoms with Crippen LogP contribution in [0.4, 0.5) is 0 Å². The molecule has 1 aliphatic rings. The maximum Gasteiger partial charge on any atom is 0.356 e. The van der Waals surface area contributed by atoms with E-state index < -0.39 is 22.0 Å². The third-order valence-electron chi connectivity index (χ3n) is 4.94. The van der Waals surface area contributed by atoms with Gasteiger partial charge in [-0.25, -0.2) is 13.2 Å². The molecule has 3 heterocycles. The van der Waals surface area contributed by atoms with Crippen molar-refractivity contribution in [2.45, 2.75) is 24.8 Å². The second kappa shape index (κ2) is 7.36. The lowest BCUT2D eigenvalue weighted by Crippen LogP contribution is -2.51. The van der Waals surface area contributed by atoms with Gasteiger partial charge in [0.1, 0.15) is 10.9 Å². The summed E-state index contributed by atoms with van der Waals surface area (Å²) in [7, 11) is -1.99. The highest BCUT2D eigenvalue weighted by Crippen LogP contribution is 2.21. The number of carboxylic acids is 1. The molecule has 152 valence electrons. The minimum Gasteiger partial charge on any atom is -0.476 e. The third kappa shape index (κ3) is 3.52. The second-order valence-corrected chi connectivity index (χ2v) is 8.52. The highest BCUT2D eigenvalue weighted by Gasteiger charge is 2.33. The van der Waals surface area contributed by atoms with Crippen molar-refractivity contribution < 1.29 is 23.1 Å². The zero-order chi connectivity index (χ0) is 20.6. The van der Waals surface area contributed by atoms with E-state index in [1.165, 1.54) is 32.1 Å². The van der Waals surface area contributed by atoms with Gasteiger partial charge < -0.3 is 10.0 Å². The van der Waals surface area contributed by atoms with E-state index in [1.807, 2.05) is 0 Å². The number of sulfonamides is 1. The van der Waals surface area contributed by atoms with Crippen LogP contribution >= 0.6 is 0 Å². The zero-order valence-electron chi connectivity index (χ0n) is 15.8. The number of carbonyl (C=O) groups is 2. The molecular weight excluding hydrogens is 388 g/mol. The van der Waals surface area contributed by atoms with E-state index in [0.717, 1.165) is 0 Å². The van der Waals surface area contributed by atoms with E-state index in [4.69, 9.17) is 5.11 Å². The van der Waals surface area contributed by atoms with Gasteiger partial charge in [0.05, 0.1) is 11.9 Å². The first-order valence-electron chi connectivity index (χ1n) is 8.69. The van der Waals surface area contributed by atoms with Gasteiger partial charge in [-0.1, -0.05) is 0 Å². The average Bonchev–Trinajstić information content (AvgIpc) is 3.29. The van der Waals surface area contributed by atoms with Gasteiger partial charge in [-0.3, -0.25) is 14.2 Å². The van der Waals surface area contributed by atoms with Crippen LogP contribution in [0.1, 0.15) is 29.1 Å². The molecule has 2 aromatic heterocycles. The fourth-order valence-corrected chi connectivity index (χ4v) is 4.67. The SMILES string of the molecule is Cc1c(S(=O)(=O)N2CCN(C(=O)C(C)n3ccc(C(=O)O)n3)CC2)cnn1C. The molecule has 1 fully saturated rings. The predicted octanol–water partition coefficient (Wildman–Crippen LogP) is -0.283. The second-order valence-electron chi connectivity index (χ2n) is 6.61. The van der Waals surface area contributed by atoms with Gasteiger partial charge in [0, 0.05) is 39.4 Å². The minimum atomic E-state index is -3.67. The van der Waals surface area contributed by atoms with Crippen molar-refractivity contribution >= 4 is 21.9 Å². The Kier molecular flexibility index (Phi) is 5.26. The zero-order valence-corrected chi connectivity index (χ0v) is 16.6. The lowest BCUT2D eigenvalue weighted by atomic mass is 10.2. The molecule has 1 atom stereocenters. The van der Waals surface area contributed by atoms with Gasteiger partial charge in [0.2, 0.25) is 15.9 Å². The molecule has 2 aromatic rings. The van der Waals surface area contributed by atoms with Crippen LogP contribution < -0.4 is 0 Å². The van der Waals surface area contributed by atoms with Crippen LogP contribution in [0.3, 0.4) is 0 Å². The molecule has 0 saturated carbocycles. The Morgan fingerprint density at radius 2 is 1.86 bits per heavy atom. The number of hydrogen-bond acceptors (Lipinski definition) is 6. The number of aryl methyl sites for hydroxylation is 1. The Bertz CT molecular complexity index is 1000. The molecule has 28 heavy (non-hydrogen) atoms. The number of aromatic nitrogens is 4. The first-order chi connectivity index (χ1) is 13.1. The Morgan fingerprint density at radius 3 is 2.36 bits per heavy atom. The molecule has 1 saturated heterocycles. The smallest absolute Gasteiger partial charge is 0.356 e. The van der Waals surface area contributed by atoms with Crippen molar-refractivity contribution in [1.82, 2.24) is 28.8 Å². The summed E-state index contributed by atoms with van der Waals surface area (Å²) in [6, 6.07) is 0.643. The number of piperazine rings is 1. The van der Waals surface area contributed by atoms with Gasteiger partial charge in [0.25, 0.3) is 0 Å². The first kappa shape index (κ1) is 20.0. The first-order valence-corrected chi connectivity index (χ1v) is 10.1. The van der Waals surface area contributed by atoms with E-state index in [-0.39, 0.29) is 42.7 Å². The molecule has 1 N–H and O–H groups in total. The molecule has 0 spiro atoms. The quantitative estimate of drug-likeness (QED) is 0.717. The molecule has 12 heteroatoms. The summed E-state index contributed by atoms with van der Waals surface area (Å²) in [5.41, 5.74) is 0.419. The van der Waals surface area contributed by atoms with Crippen LogP contribution in [0, 0.1) is 6.92 Å². The number of nitrogens with zero attached hydrogens (tertiary/aromatic N) is 6. The van der Waals surface area contributed by atoms with E-state index in [1.54, 1.807) is 25.8 Å². The fraction of sp³-hybridized carbons (Fsp3) is 0.500. The van der Waals surface area contributed by atoms with Crippen LogP contribution in [0.25, 0.3) is 0 Å². The van der Waals surface area contributed by atoms with Crippen molar-refractivity contribution in [3.8, 4) is 0 Å². The summed E-state index contributed by atoms with van der Waals surface area (Å²) < 4.78 is 29.8. The Morgan fingerprint density at radius 1 is 1.21 bits per heavy atom. The highest BCUT2D eigenvalue weighted by molar-refractivity contribution is 7.89. The summed E-state index contributed by atoms with van der Waals surface area (Å²) in [4.78, 5) is 25.4. The average molecular weight is 410 g/mol. The number of aromatic carboxylic acids is 1. The minimum absolute atomic E-state index is 0.137. The molecule has 11 nitrogen and oxygen atoms in total. The summed E-state index contributed by atoms with van der Waals surface area (Å²) >= 11 is 0. The van der Waals surface area contributed by atoms with Crippen LogP contribution in [-0.4, -0.2) is 80.3 Å². The van der Waals surface area contributed by atoms with Crippen LogP contribution in [0.5, 0.6) is 0 Å². The maximum atomic E-state index is 12.8. The number of amides is 1. The predicted molar refractivity (Wildman–Crippen MR) is 97.2 cm³/mol. The number of carboxylic acid groups (broad SMARTS) is 1. The summed E-state index contributed by atoms with van der Waals surface area (Å²) in [5.74, 6) is -1.41. The Labute approximate surface area is 162 Å². The highest BCUT2D eigenvalue weighted by atomic mass is 32.2. The fourth-order valence-electron chi connectivity index (χ4n) is 3.06. The summed E-state index contributed by atoms with van der Waals surface area (Å²) in [6.07, 6.45) is 2.78. The lowest BCUT2D eigenvalue weighted by molar-refractivity contribution is -0.135. The molecular formula is C16H22N6O5S. The monoisotopic (exact) mass is 410 g/mol. The molecule has 0 radical (unpaired) electrons. The van der Waals surface area contributed by atoms with Crippen molar-refractivity contribution in [1.29, 1.82) is 0 Å². The number of rotatable bonds is 5. The molecule has 1 unspecified atom stereocenters. The van der Waals surface area contributed by atoms with Crippen molar-refractivity contribution in [2.24, 2.45) is 7.05 Å². The van der Waals surface area contributed by atoms with E-state index in [9.17, 15) is 18.0 Å². The normalized spacial score (nSPS) is 16.9. The lowest BCUT2D eigenvalue weighted by Gasteiger charge is -2.35. The maximum absolute atomic E-state index is 12.8. The van der Waals surface area contributed by atoms with Crippen LogP contribution in [-0.2, 0) is 21.9 Å². The van der Waals surface area contributed by atoms with Gasteiger partial charge >= 0.3 is 5.97 Å². The van der Waals surface area contributed by atoms with Crippen LogP contribution in [0.2, 0.25) is 0 Å². The summed E-state index contributed by atoms with van der Waals surface area (Å²) in [5, 5.41) is 16.8. The molecule has 1 aliphatic heterocycles. The van der Waals surface area contributed by atoms with Gasteiger partial charge in [-0.2, -0.15) is 14.5 Å². The molecule has 1 amide bonds.